The fourth-order valence-corrected chi connectivity index (χ4v) is 4.93. The van der Waals surface area contributed by atoms with Crippen LogP contribution >= 0.6 is 11.3 Å². The number of ether oxygens (including phenoxy) is 1. The summed E-state index contributed by atoms with van der Waals surface area (Å²) in [4.78, 5) is 32.0. The van der Waals surface area contributed by atoms with Crippen LogP contribution in [0.4, 0.5) is 23.8 Å². The van der Waals surface area contributed by atoms with Crippen molar-refractivity contribution in [3.63, 3.8) is 0 Å². The molecule has 0 atom stereocenters. The molecule has 2 aromatic heterocycles. The molecule has 1 fully saturated rings. The number of hydrogen-bond donors (Lipinski definition) is 1. The Morgan fingerprint density at radius 1 is 1.08 bits per heavy atom. The molecule has 1 N–H and O–H groups in total. The number of carbonyl (C=O) groups excluding carboxylic acids is 2. The Labute approximate surface area is 219 Å². The number of hydrogen-bond acceptors (Lipinski definition) is 7. The fraction of sp³-hybridized carbons (Fsp3) is 0.280. The number of benzene rings is 2. The highest BCUT2D eigenvalue weighted by Crippen LogP contribution is 2.37. The Hall–Kier alpha value is -3.97. The van der Waals surface area contributed by atoms with Gasteiger partial charge in [0.05, 0.1) is 15.8 Å². The van der Waals surface area contributed by atoms with Crippen molar-refractivity contribution in [1.29, 1.82) is 0 Å². The Balaban J connectivity index is 1.28. The summed E-state index contributed by atoms with van der Waals surface area (Å²) in [5, 5.41) is 6.86. The fourth-order valence-electron chi connectivity index (χ4n) is 4.11. The molecule has 38 heavy (non-hydrogen) atoms. The van der Waals surface area contributed by atoms with E-state index in [0.717, 1.165) is 16.8 Å². The predicted octanol–water partition coefficient (Wildman–Crippen LogP) is 5.05. The minimum Gasteiger partial charge on any atom is -0.431 e. The molecule has 0 saturated carbocycles. The van der Waals surface area contributed by atoms with E-state index in [4.69, 9.17) is 4.74 Å². The summed E-state index contributed by atoms with van der Waals surface area (Å²) < 4.78 is 48.3. The summed E-state index contributed by atoms with van der Waals surface area (Å²) in [5.41, 5.74) is 0.498. The van der Waals surface area contributed by atoms with E-state index in [2.05, 4.69) is 15.4 Å². The van der Waals surface area contributed by atoms with Crippen LogP contribution < -0.4 is 10.1 Å². The number of piperazine rings is 1. The molecule has 1 saturated heterocycles. The molecular weight excluding hydrogens is 521 g/mol. The van der Waals surface area contributed by atoms with Crippen LogP contribution in [0.1, 0.15) is 18.1 Å². The summed E-state index contributed by atoms with van der Waals surface area (Å²) in [6.07, 6.45) is -3.03. The van der Waals surface area contributed by atoms with E-state index >= 15 is 0 Å². The largest absolute Gasteiger partial charge is 0.431 e. The molecule has 13 heteroatoms. The molecule has 1 aliphatic rings. The number of thiazole rings is 1. The molecule has 0 spiro atoms. The maximum absolute atomic E-state index is 13.4. The van der Waals surface area contributed by atoms with Crippen LogP contribution in [0.15, 0.2) is 54.7 Å². The molecule has 198 valence electrons. The molecule has 0 radical (unpaired) electrons. The van der Waals surface area contributed by atoms with Crippen LogP contribution in [-0.4, -0.2) is 62.7 Å². The third-order valence-corrected chi connectivity index (χ3v) is 6.91. The molecule has 4 aromatic rings. The van der Waals surface area contributed by atoms with E-state index in [-0.39, 0.29) is 28.7 Å². The summed E-state index contributed by atoms with van der Waals surface area (Å²) >= 11 is 1.26. The van der Waals surface area contributed by atoms with Gasteiger partial charge in [0.2, 0.25) is 5.91 Å². The molecular formula is C25H23F3N6O3S. The first-order chi connectivity index (χ1) is 18.2. The number of nitrogens with zero attached hydrogens (tertiary/aromatic N) is 5. The maximum Gasteiger partial charge on any atom is 0.416 e. The molecule has 3 heterocycles. The third kappa shape index (κ3) is 5.78. The van der Waals surface area contributed by atoms with Gasteiger partial charge in [0.15, 0.2) is 5.82 Å². The quantitative estimate of drug-likeness (QED) is 0.378. The number of aromatic nitrogens is 3. The summed E-state index contributed by atoms with van der Waals surface area (Å²) in [6, 6.07) is 12.1. The van der Waals surface area contributed by atoms with Gasteiger partial charge in [0, 0.05) is 57.5 Å². The van der Waals surface area contributed by atoms with Gasteiger partial charge in [-0.1, -0.05) is 29.5 Å². The molecule has 2 aromatic carbocycles. The molecule has 1 aliphatic heterocycles. The van der Waals surface area contributed by atoms with Crippen LogP contribution in [0.25, 0.3) is 10.2 Å². The summed E-state index contributed by atoms with van der Waals surface area (Å²) in [7, 11) is 0. The average molecular weight is 545 g/mol. The zero-order chi connectivity index (χ0) is 26.9. The number of anilines is 1. The average Bonchev–Trinajstić information content (AvgIpc) is 3.50. The minimum absolute atomic E-state index is 0.0967. The van der Waals surface area contributed by atoms with Crippen molar-refractivity contribution in [1.82, 2.24) is 24.6 Å². The lowest BCUT2D eigenvalue weighted by Crippen LogP contribution is -2.49. The van der Waals surface area contributed by atoms with Gasteiger partial charge >= 0.3 is 12.2 Å². The standard InChI is InChI=1S/C25H23F3N6O3S/c1-16(35)29-22-8-9-34(31-22)24(36)33-12-10-32(11-13-33)15-17-6-7-18(25(26,27)28)14-20(17)37-23-30-19-4-2-3-5-21(19)38-23/h2-9,14H,10-13,15H2,1H3,(H,29,31,35). The molecule has 0 aliphatic carbocycles. The SMILES string of the molecule is CC(=O)Nc1ccn(C(=O)N2CCN(Cc3ccc(C(F)(F)F)cc3Oc3nc4ccccc4s3)CC2)n1. The van der Waals surface area contributed by atoms with Gasteiger partial charge in [-0.05, 0) is 24.3 Å². The second kappa shape index (κ2) is 10.4. The van der Waals surface area contributed by atoms with Crippen molar-refractivity contribution < 1.29 is 27.5 Å². The van der Waals surface area contributed by atoms with E-state index < -0.39 is 11.7 Å². The topological polar surface area (TPSA) is 92.6 Å². The monoisotopic (exact) mass is 544 g/mol. The first-order valence-corrected chi connectivity index (χ1v) is 12.6. The van der Waals surface area contributed by atoms with Gasteiger partial charge in [0.25, 0.3) is 5.19 Å². The van der Waals surface area contributed by atoms with Crippen molar-refractivity contribution in [2.24, 2.45) is 0 Å². The number of fused-ring (bicyclic) bond motifs is 1. The highest BCUT2D eigenvalue weighted by atomic mass is 32.1. The van der Waals surface area contributed by atoms with Crippen molar-refractivity contribution in [3.8, 4) is 10.9 Å². The minimum atomic E-state index is -4.51. The van der Waals surface area contributed by atoms with Crippen molar-refractivity contribution in [3.05, 3.63) is 65.9 Å². The molecule has 5 rings (SSSR count). The number of nitrogens with one attached hydrogen (secondary N) is 1. The first-order valence-electron chi connectivity index (χ1n) is 11.7. The number of alkyl halides is 3. The number of carbonyl (C=O) groups is 2. The lowest BCUT2D eigenvalue weighted by atomic mass is 10.1. The van der Waals surface area contributed by atoms with Gasteiger partial charge in [-0.2, -0.15) is 17.9 Å². The second-order valence-corrected chi connectivity index (χ2v) is 9.74. The Kier molecular flexibility index (Phi) is 7.04. The van der Waals surface area contributed by atoms with Gasteiger partial charge in [-0.15, -0.1) is 5.10 Å². The zero-order valence-corrected chi connectivity index (χ0v) is 21.1. The number of para-hydroxylation sites is 1. The van der Waals surface area contributed by atoms with E-state index in [1.165, 1.54) is 41.3 Å². The lowest BCUT2D eigenvalue weighted by molar-refractivity contribution is -0.137. The van der Waals surface area contributed by atoms with Crippen LogP contribution in [-0.2, 0) is 17.5 Å². The predicted molar refractivity (Wildman–Crippen MR) is 135 cm³/mol. The highest BCUT2D eigenvalue weighted by molar-refractivity contribution is 7.20. The van der Waals surface area contributed by atoms with Gasteiger partial charge in [-0.25, -0.2) is 9.78 Å². The second-order valence-electron chi connectivity index (χ2n) is 8.74. The summed E-state index contributed by atoms with van der Waals surface area (Å²) in [6.45, 7) is 3.52. The van der Waals surface area contributed by atoms with Gasteiger partial charge in [0.1, 0.15) is 5.75 Å². The smallest absolute Gasteiger partial charge is 0.416 e. The summed E-state index contributed by atoms with van der Waals surface area (Å²) in [5.74, 6) is 0.0953. The van der Waals surface area contributed by atoms with Crippen LogP contribution in [0.2, 0.25) is 0 Å². The molecule has 9 nitrogen and oxygen atoms in total. The van der Waals surface area contributed by atoms with E-state index in [1.54, 1.807) is 4.90 Å². The van der Waals surface area contributed by atoms with Crippen LogP contribution in [0, 0.1) is 0 Å². The van der Waals surface area contributed by atoms with Gasteiger partial charge < -0.3 is 15.0 Å². The van der Waals surface area contributed by atoms with E-state index in [9.17, 15) is 22.8 Å². The normalized spacial score (nSPS) is 14.6. The highest BCUT2D eigenvalue weighted by Gasteiger charge is 2.32. The van der Waals surface area contributed by atoms with Crippen molar-refractivity contribution in [2.75, 3.05) is 31.5 Å². The molecule has 0 unspecified atom stereocenters. The van der Waals surface area contributed by atoms with Crippen LogP contribution in [0.3, 0.4) is 0 Å². The third-order valence-electron chi connectivity index (χ3n) is 5.99. The molecule has 0 bridgehead atoms. The Bertz CT molecular complexity index is 1440. The lowest BCUT2D eigenvalue weighted by Gasteiger charge is -2.34. The Morgan fingerprint density at radius 2 is 1.84 bits per heavy atom. The van der Waals surface area contributed by atoms with E-state index in [1.807, 2.05) is 29.2 Å². The molecule has 2 amide bonds. The van der Waals surface area contributed by atoms with E-state index in [0.29, 0.717) is 43.8 Å². The van der Waals surface area contributed by atoms with Gasteiger partial charge in [-0.3, -0.25) is 9.69 Å². The van der Waals surface area contributed by atoms with Crippen LogP contribution in [0.5, 0.6) is 10.9 Å². The Morgan fingerprint density at radius 3 is 2.55 bits per heavy atom. The number of halogens is 3. The zero-order valence-electron chi connectivity index (χ0n) is 20.2. The number of amides is 2. The number of rotatable bonds is 5. The van der Waals surface area contributed by atoms with Crippen molar-refractivity contribution >= 4 is 39.3 Å². The first kappa shape index (κ1) is 25.7. The van der Waals surface area contributed by atoms with Crippen molar-refractivity contribution in [2.45, 2.75) is 19.6 Å². The maximum atomic E-state index is 13.4.